The molecule has 0 N–H and O–H groups in total. The Labute approximate surface area is 172 Å². The van der Waals surface area contributed by atoms with Crippen molar-refractivity contribution in [1.29, 1.82) is 0 Å². The fraction of sp³-hybridized carbons (Fsp3) is 0.300. The third-order valence-corrected chi connectivity index (χ3v) is 4.71. The molecule has 0 radical (unpaired) electrons. The molecule has 158 valence electrons. The molecule has 1 fully saturated rings. The van der Waals surface area contributed by atoms with E-state index in [1.54, 1.807) is 18.2 Å². The lowest BCUT2D eigenvalue weighted by molar-refractivity contribution is -0.385. The predicted octanol–water partition coefficient (Wildman–Crippen LogP) is 2.58. The Morgan fingerprint density at radius 1 is 1.03 bits per heavy atom. The Balaban J connectivity index is 1.79. The van der Waals surface area contributed by atoms with Crippen molar-refractivity contribution in [2.75, 3.05) is 32.8 Å². The molecule has 0 spiro atoms. The number of benzene rings is 2. The number of carbonyl (C=O) groups is 2. The number of esters is 1. The first-order valence-corrected chi connectivity index (χ1v) is 8.94. The first kappa shape index (κ1) is 20.9. The molecular weight excluding hydrogens is 396 g/mol. The van der Waals surface area contributed by atoms with Crippen LogP contribution in [0.2, 0.25) is 0 Å². The molecule has 2 aromatic rings. The molecule has 1 amide bonds. The lowest BCUT2D eigenvalue weighted by Gasteiger charge is -2.20. The van der Waals surface area contributed by atoms with Gasteiger partial charge in [-0.25, -0.2) is 0 Å². The van der Waals surface area contributed by atoms with Gasteiger partial charge in [0.2, 0.25) is 11.7 Å². The van der Waals surface area contributed by atoms with Gasteiger partial charge in [-0.3, -0.25) is 19.7 Å². The van der Waals surface area contributed by atoms with Gasteiger partial charge in [-0.2, -0.15) is 0 Å². The quantitative estimate of drug-likeness (QED) is 0.293. The zero-order valence-electron chi connectivity index (χ0n) is 16.6. The number of anilines is 1. The molecule has 0 bridgehead atoms. The molecule has 2 aromatic carbocycles. The van der Waals surface area contributed by atoms with E-state index in [2.05, 4.69) is 0 Å². The maximum absolute atomic E-state index is 12.6. The van der Waals surface area contributed by atoms with Gasteiger partial charge in [0.25, 0.3) is 0 Å². The summed E-state index contributed by atoms with van der Waals surface area (Å²) < 4.78 is 20.7. The molecule has 10 nitrogen and oxygen atoms in total. The average Bonchev–Trinajstić information content (AvgIpc) is 3.14. The van der Waals surface area contributed by atoms with Crippen LogP contribution in [0.5, 0.6) is 23.0 Å². The highest BCUT2D eigenvalue weighted by Crippen LogP contribution is 2.37. The average molecular weight is 416 g/mol. The van der Waals surface area contributed by atoms with Gasteiger partial charge < -0.3 is 23.8 Å². The van der Waals surface area contributed by atoms with E-state index in [0.29, 0.717) is 17.2 Å². The Morgan fingerprint density at radius 3 is 2.33 bits per heavy atom. The molecule has 0 aromatic heterocycles. The smallest absolute Gasteiger partial charge is 0.316 e. The van der Waals surface area contributed by atoms with E-state index in [4.69, 9.17) is 18.9 Å². The summed E-state index contributed by atoms with van der Waals surface area (Å²) in [5.41, 5.74) is 0.0923. The topological polar surface area (TPSA) is 117 Å². The lowest BCUT2D eigenvalue weighted by atomic mass is 10.1. The van der Waals surface area contributed by atoms with Gasteiger partial charge in [0.05, 0.1) is 43.9 Å². The van der Waals surface area contributed by atoms with Crippen molar-refractivity contribution in [3.63, 3.8) is 0 Å². The zero-order chi connectivity index (χ0) is 21.8. The summed E-state index contributed by atoms with van der Waals surface area (Å²) in [5, 5.41) is 11.3. The minimum atomic E-state index is -0.786. The van der Waals surface area contributed by atoms with Crippen LogP contribution in [-0.2, 0) is 9.59 Å². The number of ether oxygens (including phenoxy) is 4. The predicted molar refractivity (Wildman–Crippen MR) is 105 cm³/mol. The molecule has 10 heteroatoms. The first-order valence-electron chi connectivity index (χ1n) is 8.94. The molecule has 1 unspecified atom stereocenters. The maximum Gasteiger partial charge on any atom is 0.316 e. The standard InChI is InChI=1S/C20H20N2O8/c1-27-13-5-7-17(16(9-13)22(25)26)30-20(24)12-8-19(23)21(11-12)15-6-4-14(28-2)10-18(15)29-3/h4-7,9-10,12H,8,11H2,1-3H3. The molecule has 1 aliphatic rings. The maximum atomic E-state index is 12.6. The number of hydrogen-bond acceptors (Lipinski definition) is 8. The van der Waals surface area contributed by atoms with E-state index in [1.807, 2.05) is 0 Å². The second-order valence-electron chi connectivity index (χ2n) is 6.46. The Bertz CT molecular complexity index is 991. The van der Waals surface area contributed by atoms with Gasteiger partial charge in [0.15, 0.2) is 0 Å². The summed E-state index contributed by atoms with van der Waals surface area (Å²) in [5.74, 6) is -0.774. The molecule has 1 saturated heterocycles. The van der Waals surface area contributed by atoms with Crippen LogP contribution in [0.4, 0.5) is 11.4 Å². The number of carbonyl (C=O) groups excluding carboxylic acids is 2. The van der Waals surface area contributed by atoms with Crippen LogP contribution >= 0.6 is 0 Å². The van der Waals surface area contributed by atoms with Gasteiger partial charge in [-0.05, 0) is 24.3 Å². The Morgan fingerprint density at radius 2 is 1.70 bits per heavy atom. The van der Waals surface area contributed by atoms with E-state index in [0.717, 1.165) is 6.07 Å². The largest absolute Gasteiger partial charge is 0.497 e. The monoisotopic (exact) mass is 416 g/mol. The lowest BCUT2D eigenvalue weighted by Crippen LogP contribution is -2.27. The molecule has 0 aliphatic carbocycles. The fourth-order valence-corrected chi connectivity index (χ4v) is 3.15. The number of amides is 1. The van der Waals surface area contributed by atoms with E-state index in [9.17, 15) is 19.7 Å². The molecule has 0 saturated carbocycles. The van der Waals surface area contributed by atoms with Gasteiger partial charge in [-0.1, -0.05) is 0 Å². The van der Waals surface area contributed by atoms with Crippen molar-refractivity contribution in [2.24, 2.45) is 5.92 Å². The molecular formula is C20H20N2O8. The summed E-state index contributed by atoms with van der Waals surface area (Å²) >= 11 is 0. The van der Waals surface area contributed by atoms with E-state index < -0.39 is 22.5 Å². The van der Waals surface area contributed by atoms with Crippen LogP contribution < -0.4 is 23.8 Å². The number of nitrogens with zero attached hydrogens (tertiary/aromatic N) is 2. The van der Waals surface area contributed by atoms with Gasteiger partial charge in [-0.15, -0.1) is 0 Å². The normalized spacial score (nSPS) is 15.6. The summed E-state index contributed by atoms with van der Waals surface area (Å²) in [6.07, 6.45) is -0.0853. The van der Waals surface area contributed by atoms with Crippen LogP contribution in [0.3, 0.4) is 0 Å². The third-order valence-electron chi connectivity index (χ3n) is 4.71. The van der Waals surface area contributed by atoms with Crippen molar-refractivity contribution in [3.8, 4) is 23.0 Å². The number of nitro benzene ring substituents is 1. The molecule has 3 rings (SSSR count). The summed E-state index contributed by atoms with van der Waals surface area (Å²) in [6.45, 7) is 0.0598. The SMILES string of the molecule is COc1ccc(N2CC(C(=O)Oc3ccc(OC)cc3[N+](=O)[O-])CC2=O)c(OC)c1. The molecule has 1 atom stereocenters. The molecule has 30 heavy (non-hydrogen) atoms. The minimum Gasteiger partial charge on any atom is -0.497 e. The number of nitro groups is 1. The van der Waals surface area contributed by atoms with Crippen molar-refractivity contribution < 1.29 is 33.5 Å². The highest BCUT2D eigenvalue weighted by molar-refractivity contribution is 6.01. The second kappa shape index (κ2) is 8.68. The highest BCUT2D eigenvalue weighted by Gasteiger charge is 2.38. The van der Waals surface area contributed by atoms with E-state index in [-0.39, 0.29) is 30.4 Å². The van der Waals surface area contributed by atoms with Crippen molar-refractivity contribution >= 4 is 23.3 Å². The van der Waals surface area contributed by atoms with E-state index >= 15 is 0 Å². The highest BCUT2D eigenvalue weighted by atomic mass is 16.6. The van der Waals surface area contributed by atoms with E-state index in [1.165, 1.54) is 38.4 Å². The molecule has 1 heterocycles. The van der Waals surface area contributed by atoms with Gasteiger partial charge >= 0.3 is 11.7 Å². The van der Waals surface area contributed by atoms with Gasteiger partial charge in [0.1, 0.15) is 17.2 Å². The van der Waals surface area contributed by atoms with Crippen LogP contribution in [0.1, 0.15) is 6.42 Å². The van der Waals surface area contributed by atoms with Crippen molar-refractivity contribution in [3.05, 3.63) is 46.5 Å². The number of methoxy groups -OCH3 is 3. The van der Waals surface area contributed by atoms with Crippen LogP contribution in [0, 0.1) is 16.0 Å². The zero-order valence-corrected chi connectivity index (χ0v) is 16.6. The molecule has 1 aliphatic heterocycles. The summed E-state index contributed by atoms with van der Waals surface area (Å²) in [4.78, 5) is 37.2. The van der Waals surface area contributed by atoms with Crippen LogP contribution in [0.15, 0.2) is 36.4 Å². The Kier molecular flexibility index (Phi) is 6.05. The Hall–Kier alpha value is -3.82. The van der Waals surface area contributed by atoms with Gasteiger partial charge in [0, 0.05) is 19.0 Å². The van der Waals surface area contributed by atoms with Crippen molar-refractivity contribution in [1.82, 2.24) is 0 Å². The second-order valence-corrected chi connectivity index (χ2v) is 6.46. The third kappa shape index (κ3) is 4.12. The number of hydrogen-bond donors (Lipinski definition) is 0. The minimum absolute atomic E-state index is 0.0598. The van der Waals surface area contributed by atoms with Crippen LogP contribution in [0.25, 0.3) is 0 Å². The number of rotatable bonds is 7. The van der Waals surface area contributed by atoms with Crippen molar-refractivity contribution in [2.45, 2.75) is 6.42 Å². The van der Waals surface area contributed by atoms with Crippen LogP contribution in [-0.4, -0.2) is 44.7 Å². The fourth-order valence-electron chi connectivity index (χ4n) is 3.15. The first-order chi connectivity index (χ1) is 14.4. The summed E-state index contributed by atoms with van der Waals surface area (Å²) in [6, 6.07) is 8.88. The summed E-state index contributed by atoms with van der Waals surface area (Å²) in [7, 11) is 4.35.